The van der Waals surface area contributed by atoms with Crippen LogP contribution in [0.4, 0.5) is 0 Å². The lowest BCUT2D eigenvalue weighted by molar-refractivity contribution is -0.117. The minimum absolute atomic E-state index is 0.146. The number of hydrogen-bond donors (Lipinski definition) is 1. The van der Waals surface area contributed by atoms with Crippen LogP contribution in [0.3, 0.4) is 0 Å². The first-order valence-corrected chi connectivity index (χ1v) is 9.99. The molecule has 28 heavy (non-hydrogen) atoms. The highest BCUT2D eigenvalue weighted by atomic mass is 79.9. The molecule has 3 aromatic rings. The summed E-state index contributed by atoms with van der Waals surface area (Å²) >= 11 is 3.42. The van der Waals surface area contributed by atoms with Gasteiger partial charge in [0.1, 0.15) is 6.04 Å². The van der Waals surface area contributed by atoms with E-state index in [1.807, 2.05) is 54.6 Å². The van der Waals surface area contributed by atoms with Gasteiger partial charge in [0, 0.05) is 16.1 Å². The van der Waals surface area contributed by atoms with Crippen LogP contribution in [0.25, 0.3) is 17.5 Å². The van der Waals surface area contributed by atoms with Crippen LogP contribution in [-0.4, -0.2) is 16.0 Å². The quantitative estimate of drug-likeness (QED) is 0.499. The molecule has 2 atom stereocenters. The fourth-order valence-corrected chi connectivity index (χ4v) is 2.96. The summed E-state index contributed by atoms with van der Waals surface area (Å²) in [7, 11) is 0. The standard InChI is InChI=1S/C22H22BrN3O2/c1-3-15(2)20(24-19(27)14-9-16-7-5-4-6-8-16)22-25-21(26-28-22)17-10-12-18(23)13-11-17/h4-15,20H,3H2,1-2H3,(H,24,27)/b14-9+/t15-,20+/m0/s1. The van der Waals surface area contributed by atoms with E-state index in [4.69, 9.17) is 4.52 Å². The van der Waals surface area contributed by atoms with Crippen molar-refractivity contribution in [1.29, 1.82) is 0 Å². The molecule has 3 rings (SSSR count). The Labute approximate surface area is 173 Å². The average Bonchev–Trinajstić information content (AvgIpc) is 3.21. The first-order chi connectivity index (χ1) is 13.6. The summed E-state index contributed by atoms with van der Waals surface area (Å²) in [6.07, 6.45) is 4.17. The predicted molar refractivity (Wildman–Crippen MR) is 113 cm³/mol. The summed E-state index contributed by atoms with van der Waals surface area (Å²) < 4.78 is 6.47. The van der Waals surface area contributed by atoms with Crippen molar-refractivity contribution in [3.63, 3.8) is 0 Å². The van der Waals surface area contributed by atoms with Crippen LogP contribution < -0.4 is 5.32 Å². The number of amides is 1. The second-order valence-electron chi connectivity index (χ2n) is 6.58. The molecule has 1 amide bonds. The lowest BCUT2D eigenvalue weighted by Crippen LogP contribution is -2.31. The molecule has 6 heteroatoms. The first-order valence-electron chi connectivity index (χ1n) is 9.20. The van der Waals surface area contributed by atoms with E-state index in [1.165, 1.54) is 6.08 Å². The molecular formula is C22H22BrN3O2. The van der Waals surface area contributed by atoms with Gasteiger partial charge in [0.2, 0.25) is 17.6 Å². The minimum Gasteiger partial charge on any atom is -0.340 e. The molecular weight excluding hydrogens is 418 g/mol. The van der Waals surface area contributed by atoms with Crippen molar-refractivity contribution in [1.82, 2.24) is 15.5 Å². The smallest absolute Gasteiger partial charge is 0.249 e. The number of carbonyl (C=O) groups excluding carboxylic acids is 1. The number of hydrogen-bond acceptors (Lipinski definition) is 4. The molecule has 1 heterocycles. The van der Waals surface area contributed by atoms with Crippen molar-refractivity contribution in [2.75, 3.05) is 0 Å². The summed E-state index contributed by atoms with van der Waals surface area (Å²) in [6, 6.07) is 17.0. The van der Waals surface area contributed by atoms with Crippen LogP contribution in [0, 0.1) is 5.92 Å². The van der Waals surface area contributed by atoms with Crippen LogP contribution in [0.2, 0.25) is 0 Å². The van der Waals surface area contributed by atoms with Crippen molar-refractivity contribution >= 4 is 27.9 Å². The van der Waals surface area contributed by atoms with Gasteiger partial charge in [-0.2, -0.15) is 4.98 Å². The number of nitrogens with zero attached hydrogens (tertiary/aromatic N) is 2. The minimum atomic E-state index is -0.352. The van der Waals surface area contributed by atoms with E-state index in [1.54, 1.807) is 6.08 Å². The first kappa shape index (κ1) is 20.0. The summed E-state index contributed by atoms with van der Waals surface area (Å²) in [5.74, 6) is 0.864. The maximum absolute atomic E-state index is 12.4. The fraction of sp³-hybridized carbons (Fsp3) is 0.227. The molecule has 0 bridgehead atoms. The Kier molecular flexibility index (Phi) is 6.76. The van der Waals surface area contributed by atoms with Crippen LogP contribution >= 0.6 is 15.9 Å². The Hall–Kier alpha value is -2.73. The van der Waals surface area contributed by atoms with Gasteiger partial charge >= 0.3 is 0 Å². The summed E-state index contributed by atoms with van der Waals surface area (Å²) in [4.78, 5) is 17.0. The second-order valence-corrected chi connectivity index (χ2v) is 7.49. The molecule has 5 nitrogen and oxygen atoms in total. The molecule has 0 aliphatic carbocycles. The molecule has 0 saturated carbocycles. The van der Waals surface area contributed by atoms with E-state index in [0.717, 1.165) is 22.0 Å². The second kappa shape index (κ2) is 9.46. The zero-order valence-electron chi connectivity index (χ0n) is 15.8. The van der Waals surface area contributed by atoms with Crippen molar-refractivity contribution in [2.24, 2.45) is 5.92 Å². The molecule has 0 unspecified atom stereocenters. The topological polar surface area (TPSA) is 68.0 Å². The van der Waals surface area contributed by atoms with Crippen LogP contribution in [0.1, 0.15) is 37.8 Å². The van der Waals surface area contributed by atoms with E-state index in [-0.39, 0.29) is 17.9 Å². The maximum Gasteiger partial charge on any atom is 0.249 e. The third-order valence-electron chi connectivity index (χ3n) is 4.55. The Balaban J connectivity index is 1.76. The highest BCUT2D eigenvalue weighted by Crippen LogP contribution is 2.26. The van der Waals surface area contributed by atoms with Crippen LogP contribution in [0.15, 0.2) is 69.7 Å². The van der Waals surface area contributed by atoms with E-state index >= 15 is 0 Å². The lowest BCUT2D eigenvalue weighted by atomic mass is 9.99. The fourth-order valence-electron chi connectivity index (χ4n) is 2.70. The summed E-state index contributed by atoms with van der Waals surface area (Å²) in [6.45, 7) is 4.12. The normalized spacial score (nSPS) is 13.4. The summed E-state index contributed by atoms with van der Waals surface area (Å²) in [5, 5.41) is 7.08. The zero-order chi connectivity index (χ0) is 19.9. The zero-order valence-corrected chi connectivity index (χ0v) is 17.4. The van der Waals surface area contributed by atoms with Gasteiger partial charge < -0.3 is 9.84 Å². The molecule has 2 aromatic carbocycles. The van der Waals surface area contributed by atoms with Gasteiger partial charge in [0.25, 0.3) is 0 Å². The van der Waals surface area contributed by atoms with Gasteiger partial charge in [-0.1, -0.05) is 71.7 Å². The number of aromatic nitrogens is 2. The number of rotatable bonds is 7. The molecule has 0 spiro atoms. The van der Waals surface area contributed by atoms with Gasteiger partial charge in [-0.05, 0) is 41.8 Å². The Bertz CT molecular complexity index is 936. The number of carbonyl (C=O) groups is 1. The third-order valence-corrected chi connectivity index (χ3v) is 5.08. The van der Waals surface area contributed by atoms with Gasteiger partial charge in [-0.25, -0.2) is 0 Å². The van der Waals surface area contributed by atoms with E-state index in [2.05, 4.69) is 45.2 Å². The van der Waals surface area contributed by atoms with Crippen LogP contribution in [-0.2, 0) is 4.79 Å². The lowest BCUT2D eigenvalue weighted by Gasteiger charge is -2.19. The van der Waals surface area contributed by atoms with Gasteiger partial charge in [-0.3, -0.25) is 4.79 Å². The Morgan fingerprint density at radius 1 is 1.18 bits per heavy atom. The van der Waals surface area contributed by atoms with Gasteiger partial charge in [0.05, 0.1) is 0 Å². The largest absolute Gasteiger partial charge is 0.340 e. The Morgan fingerprint density at radius 3 is 2.57 bits per heavy atom. The van der Waals surface area contributed by atoms with Crippen molar-refractivity contribution in [3.8, 4) is 11.4 Å². The molecule has 0 saturated heterocycles. The maximum atomic E-state index is 12.4. The van der Waals surface area contributed by atoms with Gasteiger partial charge in [0.15, 0.2) is 0 Å². The monoisotopic (exact) mass is 439 g/mol. The third kappa shape index (κ3) is 5.16. The number of benzene rings is 2. The molecule has 1 aromatic heterocycles. The predicted octanol–water partition coefficient (Wildman–Crippen LogP) is 5.42. The highest BCUT2D eigenvalue weighted by Gasteiger charge is 2.25. The van der Waals surface area contributed by atoms with Crippen LogP contribution in [0.5, 0.6) is 0 Å². The average molecular weight is 440 g/mol. The molecule has 0 aliphatic heterocycles. The van der Waals surface area contributed by atoms with Crippen molar-refractivity contribution in [2.45, 2.75) is 26.3 Å². The molecule has 0 aliphatic rings. The van der Waals surface area contributed by atoms with Crippen molar-refractivity contribution in [3.05, 3.63) is 76.6 Å². The highest BCUT2D eigenvalue weighted by molar-refractivity contribution is 9.10. The number of nitrogens with one attached hydrogen (secondary N) is 1. The van der Waals surface area contributed by atoms with E-state index < -0.39 is 0 Å². The molecule has 1 N–H and O–H groups in total. The molecule has 0 fully saturated rings. The van der Waals surface area contributed by atoms with Gasteiger partial charge in [-0.15, -0.1) is 0 Å². The molecule has 0 radical (unpaired) electrons. The van der Waals surface area contributed by atoms with E-state index in [9.17, 15) is 4.79 Å². The Morgan fingerprint density at radius 2 is 1.89 bits per heavy atom. The molecule has 144 valence electrons. The van der Waals surface area contributed by atoms with Crippen molar-refractivity contribution < 1.29 is 9.32 Å². The SMILES string of the molecule is CC[C@H](C)[C@@H](NC(=O)/C=C/c1ccccc1)c1nc(-c2ccc(Br)cc2)no1. The number of halogens is 1. The summed E-state index contributed by atoms with van der Waals surface area (Å²) in [5.41, 5.74) is 1.82. The van der Waals surface area contributed by atoms with E-state index in [0.29, 0.717) is 11.7 Å².